The van der Waals surface area contributed by atoms with Gasteiger partial charge in [-0.1, -0.05) is 121 Å². The van der Waals surface area contributed by atoms with E-state index in [-0.39, 0.29) is 5.54 Å². The number of fused-ring (bicyclic) bond motifs is 1. The highest BCUT2D eigenvalue weighted by Crippen LogP contribution is 2.44. The predicted octanol–water partition coefficient (Wildman–Crippen LogP) is 11.1. The van der Waals surface area contributed by atoms with Gasteiger partial charge in [-0.2, -0.15) is 0 Å². The maximum Gasteiger partial charge on any atom is 0.129 e. The maximum atomic E-state index is 6.26. The van der Waals surface area contributed by atoms with Gasteiger partial charge in [0.2, 0.25) is 0 Å². The van der Waals surface area contributed by atoms with Crippen molar-refractivity contribution in [1.29, 1.82) is 0 Å². The number of aromatic nitrogens is 1. The molecule has 7 rings (SSSR count). The first-order valence-corrected chi connectivity index (χ1v) is 17.9. The van der Waals surface area contributed by atoms with Crippen LogP contribution in [0, 0.1) is 5.92 Å². The van der Waals surface area contributed by atoms with E-state index in [1.165, 1.54) is 52.5 Å². The van der Waals surface area contributed by atoms with Gasteiger partial charge in [-0.15, -0.1) is 0 Å². The van der Waals surface area contributed by atoms with Crippen molar-refractivity contribution in [3.63, 3.8) is 0 Å². The summed E-state index contributed by atoms with van der Waals surface area (Å²) in [5.41, 5.74) is 6.04. The second-order valence-electron chi connectivity index (χ2n) is 12.6. The highest BCUT2D eigenvalue weighted by Gasteiger charge is 2.43. The Morgan fingerprint density at radius 2 is 1.30 bits per heavy atom. The molecule has 0 N–H and O–H groups in total. The Labute approximate surface area is 291 Å². The number of ether oxygens (including phenoxy) is 1. The third-order valence-corrected chi connectivity index (χ3v) is 10.9. The summed E-state index contributed by atoms with van der Waals surface area (Å²) in [4.78, 5) is 2.77. The van der Waals surface area contributed by atoms with Crippen LogP contribution in [0.5, 0.6) is 5.75 Å². The van der Waals surface area contributed by atoms with Crippen LogP contribution in [0.3, 0.4) is 0 Å². The number of halogens is 2. The molecule has 238 valence electrons. The number of piperidine rings is 1. The monoisotopic (exact) mass is 702 g/mol. The number of rotatable bonds is 11. The lowest BCUT2D eigenvalue weighted by atomic mass is 9.74. The number of benzene rings is 5. The Balaban J connectivity index is 1.14. The molecule has 0 saturated carbocycles. The van der Waals surface area contributed by atoms with Crippen LogP contribution in [-0.2, 0) is 18.7 Å². The Morgan fingerprint density at radius 1 is 0.723 bits per heavy atom. The molecule has 2 heterocycles. The van der Waals surface area contributed by atoms with Crippen LogP contribution in [-0.4, -0.2) is 22.6 Å². The van der Waals surface area contributed by atoms with Gasteiger partial charge in [-0.25, -0.2) is 0 Å². The van der Waals surface area contributed by atoms with Gasteiger partial charge in [0, 0.05) is 33.5 Å². The van der Waals surface area contributed by atoms with Gasteiger partial charge < -0.3 is 9.30 Å². The van der Waals surface area contributed by atoms with Gasteiger partial charge in [0.05, 0.1) is 11.2 Å². The van der Waals surface area contributed by atoms with Gasteiger partial charge in [0.25, 0.3) is 0 Å². The molecule has 6 aromatic rings. The summed E-state index contributed by atoms with van der Waals surface area (Å²) in [7, 11) is 0. The van der Waals surface area contributed by atoms with E-state index in [4.69, 9.17) is 16.3 Å². The summed E-state index contributed by atoms with van der Waals surface area (Å²) in [6.07, 6.45) is 4.73. The Morgan fingerprint density at radius 3 is 1.91 bits per heavy atom. The molecule has 1 aromatic heterocycles. The SMILES string of the molecule is Clc1ccc(OCc2c(Br)c3ccccc3n2CCCC2CCCN(C(c3ccccc3)(c3ccccc3)c3ccccc3)C2)cc1. The van der Waals surface area contributed by atoms with Crippen LogP contribution in [0.15, 0.2) is 144 Å². The molecule has 3 nitrogen and oxygen atoms in total. The Kier molecular flexibility index (Phi) is 9.81. The molecule has 47 heavy (non-hydrogen) atoms. The summed E-state index contributed by atoms with van der Waals surface area (Å²) in [6, 6.07) is 49.6. The van der Waals surface area contributed by atoms with E-state index < -0.39 is 0 Å². The van der Waals surface area contributed by atoms with E-state index in [9.17, 15) is 0 Å². The quantitative estimate of drug-likeness (QED) is 0.125. The molecular weight excluding hydrogens is 664 g/mol. The second kappa shape index (κ2) is 14.5. The third-order valence-electron chi connectivity index (χ3n) is 9.76. The first-order valence-electron chi connectivity index (χ1n) is 16.7. The van der Waals surface area contributed by atoms with E-state index in [0.717, 1.165) is 36.3 Å². The first kappa shape index (κ1) is 31.8. The Bertz CT molecular complexity index is 1790. The molecule has 0 spiro atoms. The van der Waals surface area contributed by atoms with E-state index in [0.29, 0.717) is 17.5 Å². The number of likely N-dealkylation sites (tertiary alicyclic amines) is 1. The third kappa shape index (κ3) is 6.52. The first-order chi connectivity index (χ1) is 23.1. The minimum Gasteiger partial charge on any atom is -0.487 e. The smallest absolute Gasteiger partial charge is 0.129 e. The van der Waals surface area contributed by atoms with Crippen LogP contribution in [0.2, 0.25) is 5.02 Å². The fraction of sp³-hybridized carbons (Fsp3) is 0.238. The minimum absolute atomic E-state index is 0.351. The van der Waals surface area contributed by atoms with E-state index in [1.54, 1.807) is 0 Å². The summed E-state index contributed by atoms with van der Waals surface area (Å²) in [6.45, 7) is 3.56. The van der Waals surface area contributed by atoms with Gasteiger partial charge in [0.15, 0.2) is 0 Å². The molecule has 1 aliphatic rings. The van der Waals surface area contributed by atoms with Crippen LogP contribution in [0.25, 0.3) is 10.9 Å². The summed E-state index contributed by atoms with van der Waals surface area (Å²) < 4.78 is 9.83. The van der Waals surface area contributed by atoms with Crippen LogP contribution in [0.1, 0.15) is 48.1 Å². The van der Waals surface area contributed by atoms with Crippen LogP contribution >= 0.6 is 27.5 Å². The summed E-state index contributed by atoms with van der Waals surface area (Å²) in [5.74, 6) is 1.43. The van der Waals surface area contributed by atoms with Crippen molar-refractivity contribution in [3.05, 3.63) is 171 Å². The molecule has 1 saturated heterocycles. The van der Waals surface area contributed by atoms with Gasteiger partial charge in [-0.05, 0) is 101 Å². The molecule has 0 aliphatic carbocycles. The molecule has 5 heteroatoms. The van der Waals surface area contributed by atoms with Gasteiger partial charge in [-0.3, -0.25) is 4.90 Å². The molecule has 1 atom stereocenters. The molecule has 0 radical (unpaired) electrons. The second-order valence-corrected chi connectivity index (χ2v) is 13.8. The minimum atomic E-state index is -0.351. The largest absolute Gasteiger partial charge is 0.487 e. The topological polar surface area (TPSA) is 17.4 Å². The van der Waals surface area contributed by atoms with Gasteiger partial charge >= 0.3 is 0 Å². The van der Waals surface area contributed by atoms with E-state index >= 15 is 0 Å². The lowest BCUT2D eigenvalue weighted by Crippen LogP contribution is -2.52. The fourth-order valence-corrected chi connectivity index (χ4v) is 8.41. The maximum absolute atomic E-state index is 6.26. The zero-order chi connectivity index (χ0) is 32.1. The zero-order valence-electron chi connectivity index (χ0n) is 26.6. The highest BCUT2D eigenvalue weighted by molar-refractivity contribution is 9.10. The summed E-state index contributed by atoms with van der Waals surface area (Å²) >= 11 is 10.0. The highest BCUT2D eigenvalue weighted by atomic mass is 79.9. The van der Waals surface area contributed by atoms with Gasteiger partial charge in [0.1, 0.15) is 12.4 Å². The number of para-hydroxylation sites is 1. The average Bonchev–Trinajstić information content (AvgIpc) is 3.40. The van der Waals surface area contributed by atoms with E-state index in [2.05, 4.69) is 141 Å². The van der Waals surface area contributed by atoms with Crippen LogP contribution in [0.4, 0.5) is 0 Å². The normalized spacial score (nSPS) is 15.6. The molecule has 0 amide bonds. The standard InChI is InChI=1S/C42H40BrClN2O/c43-41-38-22-10-11-23-39(38)46(40(41)31-47-37-26-24-36(44)25-27-37)29-13-15-32-14-12-28-45(30-32)42(33-16-4-1-5-17-33,34-18-6-2-7-19-34)35-20-8-3-9-21-35/h1-11,16-27,32H,12-15,28-31H2. The zero-order valence-corrected chi connectivity index (χ0v) is 28.9. The van der Waals surface area contributed by atoms with Crippen molar-refractivity contribution in [1.82, 2.24) is 9.47 Å². The van der Waals surface area contributed by atoms with Crippen molar-refractivity contribution >= 4 is 38.4 Å². The predicted molar refractivity (Wildman–Crippen MR) is 198 cm³/mol. The Hall–Kier alpha value is -3.83. The lowest BCUT2D eigenvalue weighted by Gasteiger charge is -2.49. The summed E-state index contributed by atoms with van der Waals surface area (Å²) in [5, 5.41) is 1.94. The molecular formula is C42H40BrClN2O. The molecule has 1 fully saturated rings. The van der Waals surface area contributed by atoms with Crippen molar-refractivity contribution < 1.29 is 4.74 Å². The van der Waals surface area contributed by atoms with Crippen molar-refractivity contribution in [2.24, 2.45) is 5.92 Å². The molecule has 5 aromatic carbocycles. The lowest BCUT2D eigenvalue weighted by molar-refractivity contribution is 0.0884. The molecule has 1 aliphatic heterocycles. The molecule has 1 unspecified atom stereocenters. The average molecular weight is 704 g/mol. The van der Waals surface area contributed by atoms with Crippen molar-refractivity contribution in [2.75, 3.05) is 13.1 Å². The number of hydrogen-bond donors (Lipinski definition) is 0. The number of aryl methyl sites for hydroxylation is 1. The fourth-order valence-electron chi connectivity index (χ4n) is 7.62. The van der Waals surface area contributed by atoms with E-state index in [1.807, 2.05) is 24.3 Å². The van der Waals surface area contributed by atoms with Crippen molar-refractivity contribution in [3.8, 4) is 5.75 Å². The van der Waals surface area contributed by atoms with Crippen LogP contribution < -0.4 is 4.74 Å². The van der Waals surface area contributed by atoms with Crippen molar-refractivity contribution in [2.45, 2.75) is 44.4 Å². The number of hydrogen-bond acceptors (Lipinski definition) is 2. The molecule has 0 bridgehead atoms. The number of nitrogens with zero attached hydrogens (tertiary/aromatic N) is 2.